The second-order valence-electron chi connectivity index (χ2n) is 5.93. The summed E-state index contributed by atoms with van der Waals surface area (Å²) in [6.45, 7) is 5.48. The van der Waals surface area contributed by atoms with Gasteiger partial charge in [-0.3, -0.25) is 4.90 Å². The summed E-state index contributed by atoms with van der Waals surface area (Å²) < 4.78 is 12.9. The molecule has 0 aliphatic carbocycles. The van der Waals surface area contributed by atoms with E-state index in [1.807, 2.05) is 19.1 Å². The molecule has 1 aliphatic heterocycles. The quantitative estimate of drug-likeness (QED) is 0.839. The van der Waals surface area contributed by atoms with Crippen LogP contribution in [0, 0.1) is 5.82 Å². The van der Waals surface area contributed by atoms with Crippen molar-refractivity contribution < 1.29 is 14.3 Å². The van der Waals surface area contributed by atoms with Crippen molar-refractivity contribution in [1.82, 2.24) is 15.1 Å². The topological polar surface area (TPSA) is 55.8 Å². The number of hydrogen-bond acceptors (Lipinski definition) is 3. The van der Waals surface area contributed by atoms with Crippen molar-refractivity contribution in [3.63, 3.8) is 0 Å². The number of nitrogens with one attached hydrogen (secondary N) is 1. The van der Waals surface area contributed by atoms with E-state index in [-0.39, 0.29) is 24.5 Å². The molecule has 0 aromatic heterocycles. The monoisotopic (exact) mass is 323 g/mol. The molecule has 0 radical (unpaired) electrons. The van der Waals surface area contributed by atoms with E-state index in [0.29, 0.717) is 13.1 Å². The Hall–Kier alpha value is -1.66. The average Bonchev–Trinajstić information content (AvgIpc) is 2.56. The Morgan fingerprint density at radius 1 is 1.35 bits per heavy atom. The summed E-state index contributed by atoms with van der Waals surface area (Å²) in [7, 11) is 0. The third-order valence-corrected chi connectivity index (χ3v) is 4.27. The molecule has 1 aromatic carbocycles. The zero-order valence-electron chi connectivity index (χ0n) is 13.7. The summed E-state index contributed by atoms with van der Waals surface area (Å²) in [5.41, 5.74) is 1.11. The molecule has 1 fully saturated rings. The molecule has 6 heteroatoms. The molecule has 0 spiro atoms. The second-order valence-corrected chi connectivity index (χ2v) is 5.93. The second kappa shape index (κ2) is 8.84. The van der Waals surface area contributed by atoms with Crippen molar-refractivity contribution in [3.8, 4) is 0 Å². The number of aliphatic hydroxyl groups is 1. The number of carbonyl (C=O) groups is 1. The van der Waals surface area contributed by atoms with Gasteiger partial charge in [0.05, 0.1) is 6.61 Å². The van der Waals surface area contributed by atoms with Crippen LogP contribution in [0.5, 0.6) is 0 Å². The molecule has 23 heavy (non-hydrogen) atoms. The first-order valence-electron chi connectivity index (χ1n) is 8.25. The molecular formula is C17H26FN3O2. The van der Waals surface area contributed by atoms with Crippen molar-refractivity contribution in [1.29, 1.82) is 0 Å². The summed E-state index contributed by atoms with van der Waals surface area (Å²) in [5, 5.41) is 12.0. The number of aliphatic hydroxyl groups excluding tert-OH is 1. The summed E-state index contributed by atoms with van der Waals surface area (Å²) >= 11 is 0. The molecule has 0 unspecified atom stereocenters. The first-order chi connectivity index (χ1) is 11.1. The van der Waals surface area contributed by atoms with Crippen LogP contribution in [-0.2, 0) is 6.54 Å². The van der Waals surface area contributed by atoms with Gasteiger partial charge in [0.25, 0.3) is 0 Å². The number of amides is 2. The highest BCUT2D eigenvalue weighted by Crippen LogP contribution is 2.14. The Balaban J connectivity index is 1.75. The SMILES string of the molecule is CCN(CCO)C(=O)NC1CCN(Cc2ccc(F)cc2)CC1. The van der Waals surface area contributed by atoms with Gasteiger partial charge in [0.2, 0.25) is 0 Å². The third-order valence-electron chi connectivity index (χ3n) is 4.27. The number of likely N-dealkylation sites (N-methyl/N-ethyl adjacent to an activating group) is 1. The number of rotatable bonds is 6. The van der Waals surface area contributed by atoms with Gasteiger partial charge in [0.1, 0.15) is 5.82 Å². The molecule has 1 aromatic rings. The number of urea groups is 1. The van der Waals surface area contributed by atoms with Crippen molar-refractivity contribution >= 4 is 6.03 Å². The van der Waals surface area contributed by atoms with Gasteiger partial charge in [-0.1, -0.05) is 12.1 Å². The number of benzene rings is 1. The third kappa shape index (κ3) is 5.48. The van der Waals surface area contributed by atoms with Gasteiger partial charge in [-0.2, -0.15) is 0 Å². The Kier molecular flexibility index (Phi) is 6.80. The standard InChI is InChI=1S/C17H26FN3O2/c1-2-21(11-12-22)17(23)19-16-7-9-20(10-8-16)13-14-3-5-15(18)6-4-14/h3-6,16,22H,2,7-13H2,1H3,(H,19,23). The Labute approximate surface area is 137 Å². The fourth-order valence-electron chi connectivity index (χ4n) is 2.87. The number of hydrogen-bond donors (Lipinski definition) is 2. The Morgan fingerprint density at radius 2 is 2.00 bits per heavy atom. The number of piperidine rings is 1. The van der Waals surface area contributed by atoms with Crippen LogP contribution in [0.2, 0.25) is 0 Å². The van der Waals surface area contributed by atoms with E-state index >= 15 is 0 Å². The zero-order valence-corrected chi connectivity index (χ0v) is 13.7. The van der Waals surface area contributed by atoms with Crippen LogP contribution >= 0.6 is 0 Å². The van der Waals surface area contributed by atoms with Crippen LogP contribution in [0.4, 0.5) is 9.18 Å². The van der Waals surface area contributed by atoms with Gasteiger partial charge in [0.15, 0.2) is 0 Å². The molecule has 2 rings (SSSR count). The summed E-state index contributed by atoms with van der Waals surface area (Å²) in [6.07, 6.45) is 1.81. The molecule has 5 nitrogen and oxygen atoms in total. The first kappa shape index (κ1) is 17.7. The van der Waals surface area contributed by atoms with Gasteiger partial charge in [-0.15, -0.1) is 0 Å². The van der Waals surface area contributed by atoms with Gasteiger partial charge in [-0.25, -0.2) is 9.18 Å². The van der Waals surface area contributed by atoms with E-state index in [0.717, 1.165) is 38.0 Å². The maximum Gasteiger partial charge on any atom is 0.317 e. The van der Waals surface area contributed by atoms with E-state index in [2.05, 4.69) is 10.2 Å². The highest BCUT2D eigenvalue weighted by Gasteiger charge is 2.22. The van der Waals surface area contributed by atoms with Gasteiger partial charge in [-0.05, 0) is 37.5 Å². The van der Waals surface area contributed by atoms with E-state index in [1.165, 1.54) is 12.1 Å². The lowest BCUT2D eigenvalue weighted by Crippen LogP contribution is -2.49. The Bertz CT molecular complexity index is 487. The normalized spacial score (nSPS) is 16.3. The summed E-state index contributed by atoms with van der Waals surface area (Å²) in [4.78, 5) is 16.0. The van der Waals surface area contributed by atoms with Gasteiger partial charge >= 0.3 is 6.03 Å². The summed E-state index contributed by atoms with van der Waals surface area (Å²) in [5.74, 6) is -0.210. The van der Waals surface area contributed by atoms with Crippen LogP contribution in [0.15, 0.2) is 24.3 Å². The van der Waals surface area contributed by atoms with Crippen LogP contribution in [0.1, 0.15) is 25.3 Å². The van der Waals surface area contributed by atoms with Gasteiger partial charge in [0, 0.05) is 38.8 Å². The zero-order chi connectivity index (χ0) is 16.7. The summed E-state index contributed by atoms with van der Waals surface area (Å²) in [6, 6.07) is 6.69. The van der Waals surface area contributed by atoms with E-state index < -0.39 is 0 Å². The minimum atomic E-state index is -0.210. The predicted octanol–water partition coefficient (Wildman–Crippen LogP) is 1.81. The lowest BCUT2D eigenvalue weighted by Gasteiger charge is -2.33. The minimum absolute atomic E-state index is 0.0165. The van der Waals surface area contributed by atoms with Crippen LogP contribution in [0.25, 0.3) is 0 Å². The predicted molar refractivity (Wildman–Crippen MR) is 87.6 cm³/mol. The molecule has 0 atom stereocenters. The maximum atomic E-state index is 12.9. The maximum absolute atomic E-state index is 12.9. The van der Waals surface area contributed by atoms with E-state index in [9.17, 15) is 9.18 Å². The highest BCUT2D eigenvalue weighted by molar-refractivity contribution is 5.74. The van der Waals surface area contributed by atoms with Gasteiger partial charge < -0.3 is 15.3 Å². The molecule has 128 valence electrons. The number of halogens is 1. The average molecular weight is 323 g/mol. The lowest BCUT2D eigenvalue weighted by atomic mass is 10.0. The Morgan fingerprint density at radius 3 is 2.57 bits per heavy atom. The van der Waals surface area contributed by atoms with Crippen molar-refractivity contribution in [2.75, 3.05) is 32.8 Å². The number of nitrogens with zero attached hydrogens (tertiary/aromatic N) is 2. The lowest BCUT2D eigenvalue weighted by molar-refractivity contribution is 0.160. The molecule has 1 heterocycles. The fraction of sp³-hybridized carbons (Fsp3) is 0.588. The molecule has 2 N–H and O–H groups in total. The molecule has 0 bridgehead atoms. The molecular weight excluding hydrogens is 297 g/mol. The smallest absolute Gasteiger partial charge is 0.317 e. The molecule has 1 aliphatic rings. The van der Waals surface area contributed by atoms with Crippen LogP contribution in [-0.4, -0.2) is 59.8 Å². The van der Waals surface area contributed by atoms with E-state index in [1.54, 1.807) is 4.90 Å². The minimum Gasteiger partial charge on any atom is -0.395 e. The number of likely N-dealkylation sites (tertiary alicyclic amines) is 1. The van der Waals surface area contributed by atoms with Crippen LogP contribution < -0.4 is 5.32 Å². The highest BCUT2D eigenvalue weighted by atomic mass is 19.1. The molecule has 1 saturated heterocycles. The molecule has 0 saturated carbocycles. The van der Waals surface area contributed by atoms with E-state index in [4.69, 9.17) is 5.11 Å². The number of carbonyl (C=O) groups excluding carboxylic acids is 1. The molecule has 2 amide bonds. The fourth-order valence-corrected chi connectivity index (χ4v) is 2.87. The first-order valence-corrected chi connectivity index (χ1v) is 8.25. The van der Waals surface area contributed by atoms with Crippen molar-refractivity contribution in [2.24, 2.45) is 0 Å². The van der Waals surface area contributed by atoms with Crippen LogP contribution in [0.3, 0.4) is 0 Å². The van der Waals surface area contributed by atoms with Crippen molar-refractivity contribution in [3.05, 3.63) is 35.6 Å². The largest absolute Gasteiger partial charge is 0.395 e. The van der Waals surface area contributed by atoms with Crippen molar-refractivity contribution in [2.45, 2.75) is 32.4 Å².